The maximum absolute atomic E-state index is 11.2. The summed E-state index contributed by atoms with van der Waals surface area (Å²) in [5.74, 6) is 0.355. The summed E-state index contributed by atoms with van der Waals surface area (Å²) in [5.41, 5.74) is 1.62. The average Bonchev–Trinajstić information content (AvgIpc) is 2.35. The quantitative estimate of drug-likeness (QED) is 0.777. The van der Waals surface area contributed by atoms with Gasteiger partial charge in [0.1, 0.15) is 0 Å². The zero-order valence-electron chi connectivity index (χ0n) is 10.1. The summed E-state index contributed by atoms with van der Waals surface area (Å²) in [6, 6.07) is 7.33. The van der Waals surface area contributed by atoms with Gasteiger partial charge >= 0.3 is 5.97 Å². The molecule has 3 heteroatoms. The Kier molecular flexibility index (Phi) is 4.83. The highest BCUT2D eigenvalue weighted by atomic mass is 16.5. The summed E-state index contributed by atoms with van der Waals surface area (Å²) >= 11 is 0. The van der Waals surface area contributed by atoms with Crippen LogP contribution in [0, 0.1) is 5.92 Å². The van der Waals surface area contributed by atoms with Crippen LogP contribution in [0.15, 0.2) is 24.3 Å². The number of carbonyl (C=O) groups excluding carboxylic acids is 1. The van der Waals surface area contributed by atoms with E-state index in [1.807, 2.05) is 12.1 Å². The first-order chi connectivity index (χ1) is 7.67. The Morgan fingerprint density at radius 2 is 2.00 bits per heavy atom. The van der Waals surface area contributed by atoms with Crippen molar-refractivity contribution in [3.63, 3.8) is 0 Å². The van der Waals surface area contributed by atoms with Crippen molar-refractivity contribution in [3.8, 4) is 0 Å². The molecule has 0 bridgehead atoms. The first kappa shape index (κ1) is 12.6. The highest BCUT2D eigenvalue weighted by molar-refractivity contribution is 5.89. The largest absolute Gasteiger partial charge is 0.465 e. The van der Waals surface area contributed by atoms with Crippen molar-refractivity contribution in [2.75, 3.05) is 19.0 Å². The van der Waals surface area contributed by atoms with Crippen LogP contribution in [0.4, 0.5) is 5.69 Å². The van der Waals surface area contributed by atoms with Crippen LogP contribution in [-0.4, -0.2) is 19.6 Å². The molecule has 1 aromatic rings. The second-order valence-corrected chi connectivity index (χ2v) is 3.96. The van der Waals surface area contributed by atoms with E-state index in [1.165, 1.54) is 7.11 Å². The van der Waals surface area contributed by atoms with Crippen molar-refractivity contribution in [2.24, 2.45) is 5.92 Å². The molecular formula is C13H19NO2. The van der Waals surface area contributed by atoms with Gasteiger partial charge < -0.3 is 10.1 Å². The smallest absolute Gasteiger partial charge is 0.337 e. The van der Waals surface area contributed by atoms with Gasteiger partial charge in [-0.3, -0.25) is 0 Å². The molecular weight excluding hydrogens is 202 g/mol. The average molecular weight is 221 g/mol. The summed E-state index contributed by atoms with van der Waals surface area (Å²) in [7, 11) is 1.39. The lowest BCUT2D eigenvalue weighted by molar-refractivity contribution is 0.0601. The molecule has 0 spiro atoms. The molecule has 3 nitrogen and oxygen atoms in total. The maximum Gasteiger partial charge on any atom is 0.337 e. The molecule has 0 heterocycles. The predicted octanol–water partition coefficient (Wildman–Crippen LogP) is 2.93. The zero-order chi connectivity index (χ0) is 12.0. The predicted molar refractivity (Wildman–Crippen MR) is 65.7 cm³/mol. The molecule has 0 radical (unpaired) electrons. The van der Waals surface area contributed by atoms with Crippen LogP contribution in [-0.2, 0) is 4.74 Å². The summed E-state index contributed by atoms with van der Waals surface area (Å²) < 4.78 is 4.63. The van der Waals surface area contributed by atoms with E-state index in [-0.39, 0.29) is 5.97 Å². The highest BCUT2D eigenvalue weighted by Gasteiger charge is 2.04. The Balaban J connectivity index is 2.54. The lowest BCUT2D eigenvalue weighted by Gasteiger charge is -2.11. The molecule has 1 unspecified atom stereocenters. The molecule has 16 heavy (non-hydrogen) atoms. The lowest BCUT2D eigenvalue weighted by Crippen LogP contribution is -2.10. The van der Waals surface area contributed by atoms with E-state index in [0.29, 0.717) is 11.5 Å². The van der Waals surface area contributed by atoms with E-state index in [1.54, 1.807) is 12.1 Å². The monoisotopic (exact) mass is 221 g/mol. The number of ether oxygens (including phenoxy) is 1. The molecule has 0 saturated carbocycles. The second kappa shape index (κ2) is 6.16. The van der Waals surface area contributed by atoms with Gasteiger partial charge in [-0.15, -0.1) is 0 Å². The van der Waals surface area contributed by atoms with Crippen LogP contribution in [0.1, 0.15) is 30.6 Å². The van der Waals surface area contributed by atoms with E-state index in [4.69, 9.17) is 0 Å². The zero-order valence-corrected chi connectivity index (χ0v) is 10.1. The standard InChI is InChI=1S/C13H19NO2/c1-4-10(2)9-14-12-7-5-11(6-8-12)13(15)16-3/h5-8,10,14H,4,9H2,1-3H3. The number of rotatable bonds is 5. The topological polar surface area (TPSA) is 38.3 Å². The minimum atomic E-state index is -0.298. The molecule has 0 aliphatic heterocycles. The molecule has 1 aromatic carbocycles. The van der Waals surface area contributed by atoms with Crippen LogP contribution < -0.4 is 5.32 Å². The van der Waals surface area contributed by atoms with Gasteiger partial charge in [0.15, 0.2) is 0 Å². The van der Waals surface area contributed by atoms with E-state index < -0.39 is 0 Å². The van der Waals surface area contributed by atoms with Gasteiger partial charge in [0.25, 0.3) is 0 Å². The van der Waals surface area contributed by atoms with E-state index in [9.17, 15) is 4.79 Å². The number of benzene rings is 1. The van der Waals surface area contributed by atoms with Crippen molar-refractivity contribution < 1.29 is 9.53 Å². The fourth-order valence-electron chi connectivity index (χ4n) is 1.28. The molecule has 1 atom stereocenters. The Morgan fingerprint density at radius 3 is 2.50 bits per heavy atom. The summed E-state index contributed by atoms with van der Waals surface area (Å²) in [6.45, 7) is 5.33. The van der Waals surface area contributed by atoms with E-state index in [2.05, 4.69) is 23.9 Å². The molecule has 0 amide bonds. The Hall–Kier alpha value is -1.51. The van der Waals surface area contributed by atoms with Gasteiger partial charge in [-0.25, -0.2) is 4.79 Å². The van der Waals surface area contributed by atoms with Gasteiger partial charge in [-0.2, -0.15) is 0 Å². The number of anilines is 1. The number of hydrogen-bond donors (Lipinski definition) is 1. The molecule has 0 fully saturated rings. The van der Waals surface area contributed by atoms with Crippen molar-refractivity contribution in [3.05, 3.63) is 29.8 Å². The minimum absolute atomic E-state index is 0.298. The van der Waals surface area contributed by atoms with Crippen LogP contribution in [0.2, 0.25) is 0 Å². The summed E-state index contributed by atoms with van der Waals surface area (Å²) in [6.07, 6.45) is 1.16. The van der Waals surface area contributed by atoms with Crippen LogP contribution >= 0.6 is 0 Å². The third-order valence-corrected chi connectivity index (χ3v) is 2.66. The Morgan fingerprint density at radius 1 is 1.38 bits per heavy atom. The second-order valence-electron chi connectivity index (χ2n) is 3.96. The molecule has 0 aromatic heterocycles. The van der Waals surface area contributed by atoms with Gasteiger partial charge in [0, 0.05) is 12.2 Å². The molecule has 0 aliphatic carbocycles. The van der Waals surface area contributed by atoms with Gasteiger partial charge in [-0.1, -0.05) is 20.3 Å². The van der Waals surface area contributed by atoms with E-state index in [0.717, 1.165) is 18.7 Å². The number of hydrogen-bond acceptors (Lipinski definition) is 3. The van der Waals surface area contributed by atoms with Gasteiger partial charge in [0.05, 0.1) is 12.7 Å². The maximum atomic E-state index is 11.2. The van der Waals surface area contributed by atoms with Crippen LogP contribution in [0.3, 0.4) is 0 Å². The molecule has 88 valence electrons. The first-order valence-electron chi connectivity index (χ1n) is 5.59. The number of esters is 1. The Bertz CT molecular complexity index is 332. The van der Waals surface area contributed by atoms with Crippen molar-refractivity contribution in [1.29, 1.82) is 0 Å². The summed E-state index contributed by atoms with van der Waals surface area (Å²) in [5, 5.41) is 3.33. The highest BCUT2D eigenvalue weighted by Crippen LogP contribution is 2.11. The van der Waals surface area contributed by atoms with Gasteiger partial charge in [-0.05, 0) is 30.2 Å². The SMILES string of the molecule is CCC(C)CNc1ccc(C(=O)OC)cc1. The fourth-order valence-corrected chi connectivity index (χ4v) is 1.28. The molecule has 0 aliphatic rings. The molecule has 0 saturated heterocycles. The normalized spacial score (nSPS) is 11.9. The third kappa shape index (κ3) is 3.57. The van der Waals surface area contributed by atoms with Crippen LogP contribution in [0.25, 0.3) is 0 Å². The van der Waals surface area contributed by atoms with Crippen molar-refractivity contribution in [1.82, 2.24) is 0 Å². The lowest BCUT2D eigenvalue weighted by atomic mass is 10.1. The van der Waals surface area contributed by atoms with Crippen molar-refractivity contribution in [2.45, 2.75) is 20.3 Å². The van der Waals surface area contributed by atoms with Crippen molar-refractivity contribution >= 4 is 11.7 Å². The van der Waals surface area contributed by atoms with Crippen LogP contribution in [0.5, 0.6) is 0 Å². The number of carbonyl (C=O) groups is 1. The third-order valence-electron chi connectivity index (χ3n) is 2.66. The van der Waals surface area contributed by atoms with Gasteiger partial charge in [0.2, 0.25) is 0 Å². The number of nitrogens with one attached hydrogen (secondary N) is 1. The molecule has 1 N–H and O–H groups in total. The number of methoxy groups -OCH3 is 1. The summed E-state index contributed by atoms with van der Waals surface area (Å²) in [4.78, 5) is 11.2. The van der Waals surface area contributed by atoms with E-state index >= 15 is 0 Å². The fraction of sp³-hybridized carbons (Fsp3) is 0.462. The molecule has 1 rings (SSSR count). The minimum Gasteiger partial charge on any atom is -0.465 e. The Labute approximate surface area is 96.8 Å². The first-order valence-corrected chi connectivity index (χ1v) is 5.59.